The fourth-order valence-corrected chi connectivity index (χ4v) is 3.87. The molecule has 0 spiro atoms. The van der Waals surface area contributed by atoms with Gasteiger partial charge in [0.15, 0.2) is 0 Å². The van der Waals surface area contributed by atoms with Gasteiger partial charge in [0.2, 0.25) is 0 Å². The van der Waals surface area contributed by atoms with Crippen LogP contribution in [0.3, 0.4) is 0 Å². The van der Waals surface area contributed by atoms with E-state index in [9.17, 15) is 9.59 Å². The van der Waals surface area contributed by atoms with E-state index in [1.54, 1.807) is 12.1 Å². The Hall–Kier alpha value is -3.60. The second kappa shape index (κ2) is 9.27. The van der Waals surface area contributed by atoms with Crippen molar-refractivity contribution in [2.24, 2.45) is 5.92 Å². The van der Waals surface area contributed by atoms with Gasteiger partial charge in [-0.05, 0) is 61.7 Å². The SMILES string of the molecule is Cc1ccc(NC(=O)c2ccc(NC3c4ccccc4C(=O)N3CCC(C)C)cc2)cc1. The Morgan fingerprint density at radius 3 is 2.28 bits per heavy atom. The Balaban J connectivity index is 1.49. The molecule has 0 aliphatic carbocycles. The Morgan fingerprint density at radius 1 is 0.938 bits per heavy atom. The number of aryl methyl sites for hydroxylation is 1. The molecule has 5 heteroatoms. The van der Waals surface area contributed by atoms with Gasteiger partial charge >= 0.3 is 0 Å². The molecule has 1 heterocycles. The number of nitrogens with zero attached hydrogens (tertiary/aromatic N) is 1. The standard InChI is InChI=1S/C27H29N3O2/c1-18(2)16-17-30-25(23-6-4-5-7-24(23)27(30)32)28-21-14-10-20(11-15-21)26(31)29-22-12-8-19(3)9-13-22/h4-15,18,25,28H,16-17H2,1-3H3,(H,29,31). The summed E-state index contributed by atoms with van der Waals surface area (Å²) in [5, 5.41) is 6.42. The van der Waals surface area contributed by atoms with Gasteiger partial charge in [-0.15, -0.1) is 0 Å². The van der Waals surface area contributed by atoms with Crippen LogP contribution in [0.1, 0.15) is 58.3 Å². The fourth-order valence-electron chi connectivity index (χ4n) is 3.87. The normalized spacial score (nSPS) is 15.1. The van der Waals surface area contributed by atoms with E-state index in [1.807, 2.05) is 72.5 Å². The van der Waals surface area contributed by atoms with Crippen LogP contribution in [0.4, 0.5) is 11.4 Å². The predicted octanol–water partition coefficient (Wildman–Crippen LogP) is 5.86. The zero-order valence-corrected chi connectivity index (χ0v) is 18.8. The van der Waals surface area contributed by atoms with Crippen LogP contribution in [0.2, 0.25) is 0 Å². The molecule has 3 aromatic rings. The number of amides is 2. The molecule has 0 fully saturated rings. The number of rotatable bonds is 7. The zero-order valence-electron chi connectivity index (χ0n) is 18.8. The van der Waals surface area contributed by atoms with Gasteiger partial charge in [0.05, 0.1) is 0 Å². The summed E-state index contributed by atoms with van der Waals surface area (Å²) in [6, 6.07) is 22.8. The number of fused-ring (bicyclic) bond motifs is 1. The minimum atomic E-state index is -0.218. The van der Waals surface area contributed by atoms with Gasteiger partial charge in [0.25, 0.3) is 11.8 Å². The van der Waals surface area contributed by atoms with Crippen LogP contribution >= 0.6 is 0 Å². The Kier molecular flexibility index (Phi) is 6.26. The number of benzene rings is 3. The monoisotopic (exact) mass is 427 g/mol. The van der Waals surface area contributed by atoms with Gasteiger partial charge in [0, 0.05) is 34.6 Å². The van der Waals surface area contributed by atoms with Crippen molar-refractivity contribution in [1.29, 1.82) is 0 Å². The number of carbonyl (C=O) groups is 2. The van der Waals surface area contributed by atoms with Gasteiger partial charge in [-0.1, -0.05) is 49.7 Å². The van der Waals surface area contributed by atoms with E-state index in [-0.39, 0.29) is 18.0 Å². The second-order valence-electron chi connectivity index (χ2n) is 8.71. The molecule has 3 aromatic carbocycles. The van der Waals surface area contributed by atoms with Gasteiger partial charge < -0.3 is 15.5 Å². The van der Waals surface area contributed by atoms with Crippen LogP contribution in [-0.2, 0) is 0 Å². The first-order valence-electron chi connectivity index (χ1n) is 11.1. The molecule has 0 bridgehead atoms. The highest BCUT2D eigenvalue weighted by atomic mass is 16.2. The maximum Gasteiger partial charge on any atom is 0.256 e. The molecule has 0 radical (unpaired) electrons. The van der Waals surface area contributed by atoms with Crippen LogP contribution < -0.4 is 10.6 Å². The van der Waals surface area contributed by atoms with Crippen molar-refractivity contribution in [3.63, 3.8) is 0 Å². The van der Waals surface area contributed by atoms with Crippen molar-refractivity contribution in [2.75, 3.05) is 17.2 Å². The summed E-state index contributed by atoms with van der Waals surface area (Å²) < 4.78 is 0. The number of hydrogen-bond donors (Lipinski definition) is 2. The summed E-state index contributed by atoms with van der Waals surface area (Å²) in [5.41, 5.74) is 5.10. The third-order valence-electron chi connectivity index (χ3n) is 5.77. The fraction of sp³-hybridized carbons (Fsp3) is 0.259. The van der Waals surface area contributed by atoms with Crippen LogP contribution in [0.5, 0.6) is 0 Å². The summed E-state index contributed by atoms with van der Waals surface area (Å²) in [7, 11) is 0. The van der Waals surface area contributed by atoms with E-state index >= 15 is 0 Å². The van der Waals surface area contributed by atoms with Crippen molar-refractivity contribution in [3.8, 4) is 0 Å². The molecule has 1 atom stereocenters. The first kappa shape index (κ1) is 21.6. The van der Waals surface area contributed by atoms with Crippen LogP contribution in [0, 0.1) is 12.8 Å². The zero-order chi connectivity index (χ0) is 22.7. The Bertz CT molecular complexity index is 1100. The summed E-state index contributed by atoms with van der Waals surface area (Å²) in [5.74, 6) is 0.423. The largest absolute Gasteiger partial charge is 0.361 e. The van der Waals surface area contributed by atoms with Crippen molar-refractivity contribution in [2.45, 2.75) is 33.4 Å². The van der Waals surface area contributed by atoms with E-state index in [1.165, 1.54) is 0 Å². The summed E-state index contributed by atoms with van der Waals surface area (Å²) in [6.45, 7) is 7.03. The third kappa shape index (κ3) is 4.67. The van der Waals surface area contributed by atoms with Crippen LogP contribution in [0.25, 0.3) is 0 Å². The first-order chi connectivity index (χ1) is 15.4. The highest BCUT2D eigenvalue weighted by molar-refractivity contribution is 6.04. The molecule has 1 aliphatic rings. The van der Waals surface area contributed by atoms with E-state index < -0.39 is 0 Å². The molecule has 2 N–H and O–H groups in total. The smallest absolute Gasteiger partial charge is 0.256 e. The van der Waals surface area contributed by atoms with Gasteiger partial charge in [-0.3, -0.25) is 9.59 Å². The highest BCUT2D eigenvalue weighted by Crippen LogP contribution is 2.34. The lowest BCUT2D eigenvalue weighted by molar-refractivity contribution is 0.0734. The molecule has 5 nitrogen and oxygen atoms in total. The van der Waals surface area contributed by atoms with Crippen molar-refractivity contribution < 1.29 is 9.59 Å². The van der Waals surface area contributed by atoms with E-state index in [0.29, 0.717) is 18.0 Å². The molecule has 0 saturated carbocycles. The molecule has 1 aliphatic heterocycles. The predicted molar refractivity (Wildman–Crippen MR) is 129 cm³/mol. The molecule has 2 amide bonds. The highest BCUT2D eigenvalue weighted by Gasteiger charge is 2.36. The van der Waals surface area contributed by atoms with Crippen molar-refractivity contribution in [3.05, 3.63) is 95.1 Å². The molecular formula is C27H29N3O2. The number of nitrogens with one attached hydrogen (secondary N) is 2. The number of anilines is 2. The lowest BCUT2D eigenvalue weighted by atomic mass is 10.1. The van der Waals surface area contributed by atoms with E-state index in [4.69, 9.17) is 0 Å². The topological polar surface area (TPSA) is 61.4 Å². The van der Waals surface area contributed by atoms with Crippen LogP contribution in [0.15, 0.2) is 72.8 Å². The third-order valence-corrected chi connectivity index (χ3v) is 5.77. The van der Waals surface area contributed by atoms with Gasteiger partial charge in [0.1, 0.15) is 6.17 Å². The Morgan fingerprint density at radius 2 is 1.59 bits per heavy atom. The quantitative estimate of drug-likeness (QED) is 0.496. The van der Waals surface area contributed by atoms with Gasteiger partial charge in [-0.25, -0.2) is 0 Å². The van der Waals surface area contributed by atoms with Crippen molar-refractivity contribution >= 4 is 23.2 Å². The lowest BCUT2D eigenvalue weighted by Gasteiger charge is -2.28. The molecule has 0 saturated heterocycles. The second-order valence-corrected chi connectivity index (χ2v) is 8.71. The van der Waals surface area contributed by atoms with E-state index in [0.717, 1.165) is 34.5 Å². The number of hydrogen-bond acceptors (Lipinski definition) is 3. The minimum absolute atomic E-state index is 0.0628. The summed E-state index contributed by atoms with van der Waals surface area (Å²) in [4.78, 5) is 27.5. The molecule has 164 valence electrons. The average Bonchev–Trinajstić information content (AvgIpc) is 3.05. The molecule has 4 rings (SSSR count). The number of carbonyl (C=O) groups excluding carboxylic acids is 2. The lowest BCUT2D eigenvalue weighted by Crippen LogP contribution is -2.33. The average molecular weight is 428 g/mol. The molecular weight excluding hydrogens is 398 g/mol. The first-order valence-corrected chi connectivity index (χ1v) is 11.1. The maximum absolute atomic E-state index is 13.0. The van der Waals surface area contributed by atoms with Gasteiger partial charge in [-0.2, -0.15) is 0 Å². The summed E-state index contributed by atoms with van der Waals surface area (Å²) >= 11 is 0. The van der Waals surface area contributed by atoms with E-state index in [2.05, 4.69) is 24.5 Å². The molecule has 0 aromatic heterocycles. The molecule has 1 unspecified atom stereocenters. The molecule has 32 heavy (non-hydrogen) atoms. The summed E-state index contributed by atoms with van der Waals surface area (Å²) in [6.07, 6.45) is 0.723. The minimum Gasteiger partial charge on any atom is -0.361 e. The maximum atomic E-state index is 13.0. The Labute approximate surface area is 189 Å². The van der Waals surface area contributed by atoms with Crippen molar-refractivity contribution in [1.82, 2.24) is 4.90 Å². The van der Waals surface area contributed by atoms with Crippen LogP contribution in [-0.4, -0.2) is 23.3 Å².